The number of aliphatic imine (C=N–C) groups is 1. The molecule has 2 aliphatic heterocycles. The standard InChI is InChI=1S/C17H33N5O/c1-4-19-17(20-12-15-5-8-21(3)13-15)22-9-6-14(7-10-22)11-16(23)18-2/h14-15H,4-13H2,1-3H3,(H,18,23)(H,19,20). The number of guanidine groups is 1. The minimum atomic E-state index is 0.161. The number of nitrogens with one attached hydrogen (secondary N) is 2. The summed E-state index contributed by atoms with van der Waals surface area (Å²) in [6.07, 6.45) is 4.06. The lowest BCUT2D eigenvalue weighted by atomic mass is 9.93. The first-order chi connectivity index (χ1) is 11.1. The number of carbonyl (C=O) groups is 1. The molecule has 0 aromatic rings. The number of piperidine rings is 1. The second-order valence-electron chi connectivity index (χ2n) is 6.92. The molecule has 1 amide bonds. The fourth-order valence-electron chi connectivity index (χ4n) is 3.53. The minimum Gasteiger partial charge on any atom is -0.359 e. The fraction of sp³-hybridized carbons (Fsp3) is 0.882. The molecule has 6 heteroatoms. The maximum absolute atomic E-state index is 11.5. The summed E-state index contributed by atoms with van der Waals surface area (Å²) >= 11 is 0. The molecular weight excluding hydrogens is 290 g/mol. The van der Waals surface area contributed by atoms with Gasteiger partial charge in [0.2, 0.25) is 5.91 Å². The van der Waals surface area contributed by atoms with Gasteiger partial charge in [-0.2, -0.15) is 0 Å². The molecule has 0 aliphatic carbocycles. The van der Waals surface area contributed by atoms with Gasteiger partial charge in [0, 0.05) is 46.2 Å². The summed E-state index contributed by atoms with van der Waals surface area (Å²) in [5, 5.41) is 6.17. The number of likely N-dealkylation sites (tertiary alicyclic amines) is 2. The quantitative estimate of drug-likeness (QED) is 0.579. The molecule has 1 unspecified atom stereocenters. The van der Waals surface area contributed by atoms with Crippen LogP contribution in [0.25, 0.3) is 0 Å². The normalized spacial score (nSPS) is 24.0. The van der Waals surface area contributed by atoms with E-state index in [1.54, 1.807) is 7.05 Å². The molecule has 23 heavy (non-hydrogen) atoms. The molecule has 2 rings (SSSR count). The van der Waals surface area contributed by atoms with E-state index in [9.17, 15) is 4.79 Å². The van der Waals surface area contributed by atoms with Gasteiger partial charge in [-0.15, -0.1) is 0 Å². The molecule has 132 valence electrons. The van der Waals surface area contributed by atoms with Crippen molar-refractivity contribution < 1.29 is 4.79 Å². The Morgan fingerprint density at radius 1 is 1.17 bits per heavy atom. The number of rotatable bonds is 5. The predicted octanol–water partition coefficient (Wildman–Crippen LogP) is 0.752. The number of hydrogen-bond donors (Lipinski definition) is 2. The van der Waals surface area contributed by atoms with E-state index in [0.717, 1.165) is 51.5 Å². The Balaban J connectivity index is 1.82. The third kappa shape index (κ3) is 5.68. The lowest BCUT2D eigenvalue weighted by Crippen LogP contribution is -2.46. The zero-order chi connectivity index (χ0) is 16.7. The average Bonchev–Trinajstić information content (AvgIpc) is 2.97. The van der Waals surface area contributed by atoms with Gasteiger partial charge in [0.15, 0.2) is 5.96 Å². The van der Waals surface area contributed by atoms with E-state index >= 15 is 0 Å². The Labute approximate surface area is 140 Å². The molecule has 0 radical (unpaired) electrons. The van der Waals surface area contributed by atoms with Gasteiger partial charge in [-0.25, -0.2) is 0 Å². The zero-order valence-corrected chi connectivity index (χ0v) is 15.0. The highest BCUT2D eigenvalue weighted by atomic mass is 16.1. The van der Waals surface area contributed by atoms with Crippen LogP contribution < -0.4 is 10.6 Å². The summed E-state index contributed by atoms with van der Waals surface area (Å²) in [5.74, 6) is 2.42. The summed E-state index contributed by atoms with van der Waals surface area (Å²) in [6, 6.07) is 0. The topological polar surface area (TPSA) is 60.0 Å². The highest BCUT2D eigenvalue weighted by Gasteiger charge is 2.24. The van der Waals surface area contributed by atoms with Crippen molar-refractivity contribution in [1.82, 2.24) is 20.4 Å². The maximum atomic E-state index is 11.5. The Morgan fingerprint density at radius 2 is 1.87 bits per heavy atom. The average molecular weight is 323 g/mol. The third-order valence-corrected chi connectivity index (χ3v) is 4.99. The molecule has 2 aliphatic rings. The highest BCUT2D eigenvalue weighted by Crippen LogP contribution is 2.21. The molecule has 0 aromatic heterocycles. The maximum Gasteiger partial charge on any atom is 0.220 e. The first-order valence-corrected chi connectivity index (χ1v) is 9.04. The molecule has 0 saturated carbocycles. The van der Waals surface area contributed by atoms with E-state index in [1.165, 1.54) is 13.0 Å². The van der Waals surface area contributed by atoms with E-state index in [1.807, 2.05) is 0 Å². The molecule has 1 atom stereocenters. The Hall–Kier alpha value is -1.30. The van der Waals surface area contributed by atoms with Crippen LogP contribution in [-0.2, 0) is 4.79 Å². The molecule has 2 N–H and O–H groups in total. The number of carbonyl (C=O) groups excluding carboxylic acids is 1. The minimum absolute atomic E-state index is 0.161. The Morgan fingerprint density at radius 3 is 2.43 bits per heavy atom. The molecule has 2 saturated heterocycles. The van der Waals surface area contributed by atoms with Gasteiger partial charge in [0.25, 0.3) is 0 Å². The van der Waals surface area contributed by atoms with Gasteiger partial charge in [-0.3, -0.25) is 9.79 Å². The molecule has 6 nitrogen and oxygen atoms in total. The summed E-state index contributed by atoms with van der Waals surface area (Å²) in [6.45, 7) is 8.30. The van der Waals surface area contributed by atoms with Crippen molar-refractivity contribution >= 4 is 11.9 Å². The van der Waals surface area contributed by atoms with Crippen LogP contribution in [0.4, 0.5) is 0 Å². The smallest absolute Gasteiger partial charge is 0.220 e. The monoisotopic (exact) mass is 323 g/mol. The molecule has 0 aromatic carbocycles. The van der Waals surface area contributed by atoms with Gasteiger partial charge in [0.1, 0.15) is 0 Å². The summed E-state index contributed by atoms with van der Waals surface area (Å²) in [4.78, 5) is 21.1. The van der Waals surface area contributed by atoms with Crippen LogP contribution in [0.1, 0.15) is 32.6 Å². The van der Waals surface area contributed by atoms with Crippen molar-refractivity contribution in [3.63, 3.8) is 0 Å². The first kappa shape index (κ1) is 18.0. The molecule has 0 bridgehead atoms. The van der Waals surface area contributed by atoms with E-state index < -0.39 is 0 Å². The van der Waals surface area contributed by atoms with Crippen molar-refractivity contribution in [3.05, 3.63) is 0 Å². The number of nitrogens with zero attached hydrogens (tertiary/aromatic N) is 3. The van der Waals surface area contributed by atoms with Crippen LogP contribution in [0.5, 0.6) is 0 Å². The summed E-state index contributed by atoms with van der Waals surface area (Å²) < 4.78 is 0. The van der Waals surface area contributed by atoms with Crippen molar-refractivity contribution in [1.29, 1.82) is 0 Å². The van der Waals surface area contributed by atoms with Crippen LogP contribution in [0.3, 0.4) is 0 Å². The predicted molar refractivity (Wildman–Crippen MR) is 94.6 cm³/mol. The second-order valence-corrected chi connectivity index (χ2v) is 6.92. The van der Waals surface area contributed by atoms with Crippen molar-refractivity contribution in [3.8, 4) is 0 Å². The zero-order valence-electron chi connectivity index (χ0n) is 15.0. The SMILES string of the molecule is CCNC(=NCC1CCN(C)C1)N1CCC(CC(=O)NC)CC1. The lowest BCUT2D eigenvalue weighted by Gasteiger charge is -2.34. The van der Waals surface area contributed by atoms with Gasteiger partial charge in [0.05, 0.1) is 0 Å². The van der Waals surface area contributed by atoms with E-state index in [4.69, 9.17) is 4.99 Å². The van der Waals surface area contributed by atoms with Crippen molar-refractivity contribution in [2.75, 3.05) is 53.4 Å². The van der Waals surface area contributed by atoms with Gasteiger partial charge >= 0.3 is 0 Å². The second kappa shape index (κ2) is 9.11. The van der Waals surface area contributed by atoms with E-state index in [2.05, 4.69) is 34.4 Å². The lowest BCUT2D eigenvalue weighted by molar-refractivity contribution is -0.121. The highest BCUT2D eigenvalue weighted by molar-refractivity contribution is 5.80. The van der Waals surface area contributed by atoms with Crippen LogP contribution in [0, 0.1) is 11.8 Å². The van der Waals surface area contributed by atoms with Crippen molar-refractivity contribution in [2.45, 2.75) is 32.6 Å². The van der Waals surface area contributed by atoms with Crippen molar-refractivity contribution in [2.24, 2.45) is 16.8 Å². The Kier molecular flexibility index (Phi) is 7.15. The fourth-order valence-corrected chi connectivity index (χ4v) is 3.53. The largest absolute Gasteiger partial charge is 0.359 e. The van der Waals surface area contributed by atoms with E-state index in [0.29, 0.717) is 18.3 Å². The van der Waals surface area contributed by atoms with Crippen LogP contribution in [0.15, 0.2) is 4.99 Å². The number of hydrogen-bond acceptors (Lipinski definition) is 3. The van der Waals surface area contributed by atoms with Crippen LogP contribution in [-0.4, -0.2) is 75.0 Å². The van der Waals surface area contributed by atoms with Crippen LogP contribution in [0.2, 0.25) is 0 Å². The van der Waals surface area contributed by atoms with Crippen LogP contribution >= 0.6 is 0 Å². The molecular formula is C17H33N5O. The molecule has 2 fully saturated rings. The number of amides is 1. The van der Waals surface area contributed by atoms with E-state index in [-0.39, 0.29) is 5.91 Å². The van der Waals surface area contributed by atoms with Gasteiger partial charge in [-0.1, -0.05) is 0 Å². The van der Waals surface area contributed by atoms with Gasteiger partial charge in [-0.05, 0) is 51.6 Å². The molecule has 0 spiro atoms. The summed E-state index contributed by atoms with van der Waals surface area (Å²) in [7, 11) is 3.90. The Bertz CT molecular complexity index is 404. The summed E-state index contributed by atoms with van der Waals surface area (Å²) in [5.41, 5.74) is 0. The molecule has 2 heterocycles. The first-order valence-electron chi connectivity index (χ1n) is 9.04. The van der Waals surface area contributed by atoms with Gasteiger partial charge < -0.3 is 20.4 Å². The third-order valence-electron chi connectivity index (χ3n) is 4.99.